The van der Waals surface area contributed by atoms with Crippen LogP contribution in [0.25, 0.3) is 10.4 Å². The molecule has 0 saturated heterocycles. The third kappa shape index (κ3) is 4.19. The van der Waals surface area contributed by atoms with Crippen LogP contribution in [0.4, 0.5) is 0 Å². The van der Waals surface area contributed by atoms with Crippen molar-refractivity contribution in [1.82, 2.24) is 10.3 Å². The minimum Gasteiger partial charge on any atom is -0.310 e. The van der Waals surface area contributed by atoms with E-state index in [0.717, 1.165) is 33.6 Å². The largest absolute Gasteiger partial charge is 0.310 e. The summed E-state index contributed by atoms with van der Waals surface area (Å²) in [7, 11) is 0. The third-order valence-electron chi connectivity index (χ3n) is 3.98. The monoisotopic (exact) mass is 332 g/mol. The van der Waals surface area contributed by atoms with Crippen LogP contribution in [0.3, 0.4) is 0 Å². The zero-order valence-electron chi connectivity index (χ0n) is 12.6. The van der Waals surface area contributed by atoms with Gasteiger partial charge < -0.3 is 5.32 Å². The summed E-state index contributed by atoms with van der Waals surface area (Å²) in [4.78, 5) is 5.64. The molecule has 0 unspecified atom stereocenters. The van der Waals surface area contributed by atoms with Crippen molar-refractivity contribution in [2.45, 2.75) is 38.6 Å². The maximum absolute atomic E-state index is 6.24. The van der Waals surface area contributed by atoms with Gasteiger partial charge in [0.2, 0.25) is 0 Å². The normalized spacial score (nSPS) is 14.9. The van der Waals surface area contributed by atoms with E-state index in [1.54, 1.807) is 16.9 Å². The number of thiazole rings is 1. The Morgan fingerprint density at radius 2 is 2.14 bits per heavy atom. The SMILES string of the molecule is Clc1ccccc1-c1cnc(CNCCC2=CCCCC2)s1. The first kappa shape index (κ1) is 15.7. The molecule has 2 aromatic rings. The molecule has 0 spiro atoms. The summed E-state index contributed by atoms with van der Waals surface area (Å²) >= 11 is 7.95. The topological polar surface area (TPSA) is 24.9 Å². The van der Waals surface area contributed by atoms with Gasteiger partial charge in [0.05, 0.1) is 4.88 Å². The lowest BCUT2D eigenvalue weighted by atomic mass is 9.97. The Kier molecular flexibility index (Phi) is 5.65. The molecule has 0 radical (unpaired) electrons. The molecule has 1 heterocycles. The number of hydrogen-bond acceptors (Lipinski definition) is 3. The molecule has 0 amide bonds. The standard InChI is InChI=1S/C18H21ClN2S/c19-16-9-5-4-8-15(16)17-12-21-18(22-17)13-20-11-10-14-6-2-1-3-7-14/h4-6,8-9,12,20H,1-3,7,10-11,13H2. The summed E-state index contributed by atoms with van der Waals surface area (Å²) in [5.41, 5.74) is 2.69. The van der Waals surface area contributed by atoms with E-state index < -0.39 is 0 Å². The number of aromatic nitrogens is 1. The van der Waals surface area contributed by atoms with Crippen molar-refractivity contribution in [2.24, 2.45) is 0 Å². The van der Waals surface area contributed by atoms with E-state index in [4.69, 9.17) is 11.6 Å². The summed E-state index contributed by atoms with van der Waals surface area (Å²) in [6, 6.07) is 7.93. The number of rotatable bonds is 6. The first-order chi connectivity index (χ1) is 10.8. The van der Waals surface area contributed by atoms with Crippen molar-refractivity contribution in [3.8, 4) is 10.4 Å². The molecule has 0 bridgehead atoms. The van der Waals surface area contributed by atoms with E-state index in [0.29, 0.717) is 0 Å². The maximum Gasteiger partial charge on any atom is 0.107 e. The molecule has 1 aromatic carbocycles. The molecular weight excluding hydrogens is 312 g/mol. The molecule has 0 aliphatic heterocycles. The average Bonchev–Trinajstić information content (AvgIpc) is 3.02. The van der Waals surface area contributed by atoms with Gasteiger partial charge >= 0.3 is 0 Å². The van der Waals surface area contributed by atoms with Crippen LogP contribution in [-0.2, 0) is 6.54 Å². The van der Waals surface area contributed by atoms with Crippen LogP contribution in [0, 0.1) is 0 Å². The van der Waals surface area contributed by atoms with Gasteiger partial charge in [-0.1, -0.05) is 41.4 Å². The van der Waals surface area contributed by atoms with Crippen LogP contribution in [0.15, 0.2) is 42.1 Å². The summed E-state index contributed by atoms with van der Waals surface area (Å²) in [5, 5.41) is 5.41. The fraction of sp³-hybridized carbons (Fsp3) is 0.389. The van der Waals surface area contributed by atoms with Crippen molar-refractivity contribution >= 4 is 22.9 Å². The van der Waals surface area contributed by atoms with Crippen LogP contribution in [0.2, 0.25) is 5.02 Å². The van der Waals surface area contributed by atoms with Gasteiger partial charge in [-0.05, 0) is 44.7 Å². The highest BCUT2D eigenvalue weighted by atomic mass is 35.5. The van der Waals surface area contributed by atoms with Gasteiger partial charge in [-0.2, -0.15) is 0 Å². The average molecular weight is 333 g/mol. The first-order valence-corrected chi connectivity index (χ1v) is 9.10. The van der Waals surface area contributed by atoms with E-state index in [2.05, 4.69) is 16.4 Å². The van der Waals surface area contributed by atoms with Gasteiger partial charge in [0, 0.05) is 23.3 Å². The second-order valence-electron chi connectivity index (χ2n) is 5.63. The predicted molar refractivity (Wildman–Crippen MR) is 95.4 cm³/mol. The second kappa shape index (κ2) is 7.91. The van der Waals surface area contributed by atoms with Gasteiger partial charge in [0.25, 0.3) is 0 Å². The van der Waals surface area contributed by atoms with E-state index in [9.17, 15) is 0 Å². The molecule has 2 nitrogen and oxygen atoms in total. The predicted octanol–water partition coefficient (Wildman–Crippen LogP) is 5.44. The number of benzene rings is 1. The number of halogens is 1. The smallest absolute Gasteiger partial charge is 0.107 e. The minimum absolute atomic E-state index is 0.787. The Labute approximate surface area is 141 Å². The highest BCUT2D eigenvalue weighted by Crippen LogP contribution is 2.31. The Morgan fingerprint density at radius 1 is 1.23 bits per heavy atom. The van der Waals surface area contributed by atoms with Crippen molar-refractivity contribution < 1.29 is 0 Å². The zero-order valence-corrected chi connectivity index (χ0v) is 14.2. The molecule has 1 aliphatic carbocycles. The van der Waals surface area contributed by atoms with E-state index in [1.807, 2.05) is 30.5 Å². The second-order valence-corrected chi connectivity index (χ2v) is 7.16. The summed E-state index contributed by atoms with van der Waals surface area (Å²) < 4.78 is 0. The Hall–Kier alpha value is -1.16. The molecule has 3 rings (SSSR count). The van der Waals surface area contributed by atoms with Gasteiger partial charge in [-0.15, -0.1) is 11.3 Å². The van der Waals surface area contributed by atoms with Gasteiger partial charge in [-0.25, -0.2) is 4.98 Å². The lowest BCUT2D eigenvalue weighted by Crippen LogP contribution is -2.15. The summed E-state index contributed by atoms with van der Waals surface area (Å²) in [6.07, 6.45) is 10.8. The highest BCUT2D eigenvalue weighted by molar-refractivity contribution is 7.15. The minimum atomic E-state index is 0.787. The molecule has 4 heteroatoms. The molecule has 0 atom stereocenters. The number of allylic oxidation sites excluding steroid dienone is 1. The fourth-order valence-electron chi connectivity index (χ4n) is 2.75. The lowest BCUT2D eigenvalue weighted by Gasteiger charge is -2.12. The molecule has 1 aliphatic rings. The van der Waals surface area contributed by atoms with Crippen LogP contribution in [-0.4, -0.2) is 11.5 Å². The number of hydrogen-bond donors (Lipinski definition) is 1. The van der Waals surface area contributed by atoms with Gasteiger partial charge in [0.1, 0.15) is 5.01 Å². The first-order valence-electron chi connectivity index (χ1n) is 7.91. The molecule has 1 N–H and O–H groups in total. The Morgan fingerprint density at radius 3 is 2.95 bits per heavy atom. The summed E-state index contributed by atoms with van der Waals surface area (Å²) in [6.45, 7) is 1.87. The quantitative estimate of drug-likeness (QED) is 0.562. The highest BCUT2D eigenvalue weighted by Gasteiger charge is 2.08. The fourth-order valence-corrected chi connectivity index (χ4v) is 3.97. The van der Waals surface area contributed by atoms with Crippen molar-refractivity contribution in [3.63, 3.8) is 0 Å². The molecule has 0 saturated carbocycles. The van der Waals surface area contributed by atoms with Crippen molar-refractivity contribution in [2.75, 3.05) is 6.54 Å². The number of nitrogens with one attached hydrogen (secondary N) is 1. The molecule has 1 aromatic heterocycles. The van der Waals surface area contributed by atoms with Crippen LogP contribution >= 0.6 is 22.9 Å². The van der Waals surface area contributed by atoms with Crippen molar-refractivity contribution in [1.29, 1.82) is 0 Å². The lowest BCUT2D eigenvalue weighted by molar-refractivity contribution is 0.631. The Balaban J connectivity index is 1.50. The zero-order chi connectivity index (χ0) is 15.2. The van der Waals surface area contributed by atoms with E-state index in [-0.39, 0.29) is 0 Å². The number of nitrogens with zero attached hydrogens (tertiary/aromatic N) is 1. The molecule has 22 heavy (non-hydrogen) atoms. The van der Waals surface area contributed by atoms with Crippen LogP contribution in [0.1, 0.15) is 37.1 Å². The van der Waals surface area contributed by atoms with E-state index >= 15 is 0 Å². The van der Waals surface area contributed by atoms with Gasteiger partial charge in [-0.3, -0.25) is 0 Å². The maximum atomic E-state index is 6.24. The van der Waals surface area contributed by atoms with Crippen molar-refractivity contribution in [3.05, 3.63) is 52.1 Å². The molecule has 0 fully saturated rings. The van der Waals surface area contributed by atoms with E-state index in [1.165, 1.54) is 32.1 Å². The molecule has 116 valence electrons. The molecular formula is C18H21ClN2S. The summed E-state index contributed by atoms with van der Waals surface area (Å²) in [5.74, 6) is 0. The van der Waals surface area contributed by atoms with Crippen LogP contribution < -0.4 is 5.32 Å². The van der Waals surface area contributed by atoms with Gasteiger partial charge in [0.15, 0.2) is 0 Å². The Bertz CT molecular complexity index is 648. The third-order valence-corrected chi connectivity index (χ3v) is 5.34. The van der Waals surface area contributed by atoms with Crippen LogP contribution in [0.5, 0.6) is 0 Å².